The van der Waals surface area contributed by atoms with Crippen molar-refractivity contribution in [1.29, 1.82) is 0 Å². The van der Waals surface area contributed by atoms with E-state index in [0.29, 0.717) is 12.8 Å². The van der Waals surface area contributed by atoms with Crippen LogP contribution >= 0.6 is 7.82 Å². The van der Waals surface area contributed by atoms with Crippen LogP contribution < -0.4 is 0 Å². The standard InChI is InChI=1S/C44H83O10P/c1-3-5-7-9-11-13-15-17-19-20-22-24-26-28-30-32-34-36-44(48)54-42(40-53-55(49,50)52-38-41(46)37-45)39-51-43(47)35-33-31-29-27-25-23-21-18-16-14-12-10-8-6-4-2/h13,15,29,31,41-42,45-46H,3-12,14,16-28,30,32-40H2,1-2H3,(H,49,50)/b15-13+,31-29+/t41-,42+/m0/s1. The Hall–Kier alpha value is -1.55. The second-order valence-corrected chi connectivity index (χ2v) is 16.5. The molecule has 0 radical (unpaired) electrons. The summed E-state index contributed by atoms with van der Waals surface area (Å²) in [6, 6.07) is 0. The lowest BCUT2D eigenvalue weighted by Gasteiger charge is -2.20. The van der Waals surface area contributed by atoms with Crippen molar-refractivity contribution in [1.82, 2.24) is 0 Å². The minimum absolute atomic E-state index is 0.160. The number of carbonyl (C=O) groups excluding carboxylic acids is 2. The van der Waals surface area contributed by atoms with E-state index in [9.17, 15) is 24.2 Å². The van der Waals surface area contributed by atoms with Crippen molar-refractivity contribution in [3.8, 4) is 0 Å². The van der Waals surface area contributed by atoms with E-state index in [2.05, 4.69) is 36.6 Å². The molecule has 0 saturated heterocycles. The molecule has 0 amide bonds. The average Bonchev–Trinajstić information content (AvgIpc) is 3.17. The summed E-state index contributed by atoms with van der Waals surface area (Å²) in [5, 5.41) is 18.3. The number of ether oxygens (including phenoxy) is 2. The Morgan fingerprint density at radius 1 is 0.527 bits per heavy atom. The number of esters is 2. The second kappa shape index (κ2) is 40.6. The summed E-state index contributed by atoms with van der Waals surface area (Å²) in [4.78, 5) is 35.0. The van der Waals surface area contributed by atoms with Crippen molar-refractivity contribution in [3.05, 3.63) is 24.3 Å². The number of unbranched alkanes of at least 4 members (excludes halogenated alkanes) is 24. The van der Waals surface area contributed by atoms with Crippen LogP contribution in [0.3, 0.4) is 0 Å². The minimum atomic E-state index is -4.62. The van der Waals surface area contributed by atoms with Crippen LogP contribution in [-0.4, -0.2) is 65.7 Å². The largest absolute Gasteiger partial charge is 0.472 e. The first-order valence-electron chi connectivity index (χ1n) is 22.3. The topological polar surface area (TPSA) is 149 Å². The van der Waals surface area contributed by atoms with Gasteiger partial charge in [0.15, 0.2) is 6.10 Å². The lowest BCUT2D eigenvalue weighted by atomic mass is 10.1. The highest BCUT2D eigenvalue weighted by molar-refractivity contribution is 7.47. The molecule has 3 N–H and O–H groups in total. The number of rotatable bonds is 42. The third-order valence-corrected chi connectivity index (χ3v) is 10.5. The summed E-state index contributed by atoms with van der Waals surface area (Å²) >= 11 is 0. The number of carbonyl (C=O) groups is 2. The summed E-state index contributed by atoms with van der Waals surface area (Å²) < 4.78 is 32.7. The monoisotopic (exact) mass is 803 g/mol. The fraction of sp³-hybridized carbons (Fsp3) is 0.864. The van der Waals surface area contributed by atoms with E-state index in [1.807, 2.05) is 6.08 Å². The van der Waals surface area contributed by atoms with Crippen LogP contribution in [0.5, 0.6) is 0 Å². The molecular weight excluding hydrogens is 719 g/mol. The maximum Gasteiger partial charge on any atom is 0.472 e. The molecule has 0 bridgehead atoms. The number of aliphatic hydroxyl groups excluding tert-OH is 2. The minimum Gasteiger partial charge on any atom is -0.462 e. The van der Waals surface area contributed by atoms with E-state index in [0.717, 1.165) is 32.1 Å². The molecule has 55 heavy (non-hydrogen) atoms. The number of hydrogen-bond donors (Lipinski definition) is 3. The number of hydrogen-bond acceptors (Lipinski definition) is 9. The molecule has 0 heterocycles. The van der Waals surface area contributed by atoms with Crippen LogP contribution in [0.25, 0.3) is 0 Å². The first kappa shape index (κ1) is 53.5. The Bertz CT molecular complexity index is 972. The van der Waals surface area contributed by atoms with Gasteiger partial charge in [-0.1, -0.05) is 167 Å². The van der Waals surface area contributed by atoms with Crippen LogP contribution in [0.4, 0.5) is 0 Å². The summed E-state index contributed by atoms with van der Waals surface area (Å²) in [5.74, 6) is -0.978. The fourth-order valence-corrected chi connectivity index (χ4v) is 6.91. The Kier molecular flexibility index (Phi) is 39.5. The first-order valence-corrected chi connectivity index (χ1v) is 23.8. The Morgan fingerprint density at radius 3 is 1.40 bits per heavy atom. The van der Waals surface area contributed by atoms with E-state index in [1.165, 1.54) is 135 Å². The van der Waals surface area contributed by atoms with Gasteiger partial charge in [-0.3, -0.25) is 18.6 Å². The lowest BCUT2D eigenvalue weighted by molar-refractivity contribution is -0.161. The van der Waals surface area contributed by atoms with E-state index in [-0.39, 0.29) is 19.4 Å². The van der Waals surface area contributed by atoms with Gasteiger partial charge in [-0.25, -0.2) is 4.57 Å². The fourth-order valence-electron chi connectivity index (χ4n) is 6.12. The summed E-state index contributed by atoms with van der Waals surface area (Å²) in [7, 11) is -4.62. The van der Waals surface area contributed by atoms with Gasteiger partial charge in [0, 0.05) is 12.8 Å². The molecule has 1 unspecified atom stereocenters. The molecule has 10 nitrogen and oxygen atoms in total. The van der Waals surface area contributed by atoms with Gasteiger partial charge in [0.2, 0.25) is 0 Å². The van der Waals surface area contributed by atoms with E-state index in [4.69, 9.17) is 19.1 Å². The third-order valence-electron chi connectivity index (χ3n) is 9.59. The van der Waals surface area contributed by atoms with E-state index >= 15 is 0 Å². The van der Waals surface area contributed by atoms with Crippen LogP contribution in [0, 0.1) is 0 Å². The number of phosphoric ester groups is 1. The van der Waals surface area contributed by atoms with Gasteiger partial charge in [0.25, 0.3) is 0 Å². The molecule has 0 aromatic heterocycles. The van der Waals surface area contributed by atoms with E-state index < -0.39 is 51.8 Å². The van der Waals surface area contributed by atoms with Crippen LogP contribution in [0.2, 0.25) is 0 Å². The molecule has 3 atom stereocenters. The zero-order valence-corrected chi connectivity index (χ0v) is 36.0. The van der Waals surface area contributed by atoms with Crippen molar-refractivity contribution in [2.45, 2.75) is 219 Å². The smallest absolute Gasteiger partial charge is 0.462 e. The van der Waals surface area contributed by atoms with Gasteiger partial charge >= 0.3 is 19.8 Å². The molecule has 0 aromatic carbocycles. The maximum atomic E-state index is 12.6. The number of phosphoric acid groups is 1. The molecule has 0 aromatic rings. The predicted molar refractivity (Wildman–Crippen MR) is 224 cm³/mol. The molecule has 0 rings (SSSR count). The molecule has 11 heteroatoms. The van der Waals surface area contributed by atoms with Crippen molar-refractivity contribution >= 4 is 19.8 Å². The molecule has 0 saturated carbocycles. The van der Waals surface area contributed by atoms with Gasteiger partial charge in [-0.05, 0) is 51.4 Å². The lowest BCUT2D eigenvalue weighted by Crippen LogP contribution is -2.29. The number of aliphatic hydroxyl groups is 2. The molecule has 0 aliphatic heterocycles. The quantitative estimate of drug-likeness (QED) is 0.0236. The first-order chi connectivity index (χ1) is 26.7. The van der Waals surface area contributed by atoms with Crippen LogP contribution in [-0.2, 0) is 32.7 Å². The van der Waals surface area contributed by atoms with Crippen molar-refractivity contribution < 1.29 is 47.8 Å². The van der Waals surface area contributed by atoms with Gasteiger partial charge in [0.1, 0.15) is 12.7 Å². The highest BCUT2D eigenvalue weighted by Crippen LogP contribution is 2.43. The van der Waals surface area contributed by atoms with Crippen LogP contribution in [0.15, 0.2) is 24.3 Å². The van der Waals surface area contributed by atoms with Gasteiger partial charge in [-0.2, -0.15) is 0 Å². The third kappa shape index (κ3) is 40.4. The highest BCUT2D eigenvalue weighted by atomic mass is 31.2. The Labute approximate surface area is 336 Å². The zero-order valence-electron chi connectivity index (χ0n) is 35.2. The van der Waals surface area contributed by atoms with Gasteiger partial charge in [-0.15, -0.1) is 0 Å². The normalized spacial score (nSPS) is 14.1. The van der Waals surface area contributed by atoms with E-state index in [1.54, 1.807) is 0 Å². The molecule has 0 aliphatic rings. The molecule has 324 valence electrons. The summed E-state index contributed by atoms with van der Waals surface area (Å²) in [5.41, 5.74) is 0. The van der Waals surface area contributed by atoms with Crippen molar-refractivity contribution in [2.75, 3.05) is 26.4 Å². The average molecular weight is 803 g/mol. The second-order valence-electron chi connectivity index (χ2n) is 15.1. The zero-order chi connectivity index (χ0) is 40.5. The summed E-state index contributed by atoms with van der Waals surface area (Å²) in [6.45, 7) is 2.34. The maximum absolute atomic E-state index is 12.6. The van der Waals surface area contributed by atoms with Crippen LogP contribution in [0.1, 0.15) is 206 Å². The predicted octanol–water partition coefficient (Wildman–Crippen LogP) is 11.8. The Morgan fingerprint density at radius 2 is 0.927 bits per heavy atom. The molecule has 0 fully saturated rings. The number of allylic oxidation sites excluding steroid dienone is 4. The van der Waals surface area contributed by atoms with Gasteiger partial charge in [0.05, 0.1) is 19.8 Å². The highest BCUT2D eigenvalue weighted by Gasteiger charge is 2.27. The molecule has 0 aliphatic carbocycles. The van der Waals surface area contributed by atoms with Crippen molar-refractivity contribution in [3.63, 3.8) is 0 Å². The molecular formula is C44H83O10P. The van der Waals surface area contributed by atoms with Crippen molar-refractivity contribution in [2.24, 2.45) is 0 Å². The Balaban J connectivity index is 4.30. The summed E-state index contributed by atoms with van der Waals surface area (Å²) in [6.07, 6.45) is 40.1. The van der Waals surface area contributed by atoms with Gasteiger partial charge < -0.3 is 24.6 Å². The molecule has 0 spiro atoms. The SMILES string of the molecule is CCCCCC/C=C/CCCCCCCCCCCC(=O)O[C@H](COC(=O)CC/C=C/CCCCCCCCCCCCC)COP(=O)(O)OC[C@@H](O)CO.